The Morgan fingerprint density at radius 2 is 2.11 bits per heavy atom. The number of carbonyl (C=O) groups excluding carboxylic acids is 1. The third-order valence-corrected chi connectivity index (χ3v) is 4.22. The molecule has 0 amide bonds. The molecule has 146 valence electrons. The Kier molecular flexibility index (Phi) is 6.32. The molecule has 0 radical (unpaired) electrons. The smallest absolute Gasteiger partial charge is 0.387 e. The van der Waals surface area contributed by atoms with Crippen molar-refractivity contribution in [3.05, 3.63) is 54.1 Å². The van der Waals surface area contributed by atoms with Gasteiger partial charge in [0.2, 0.25) is 5.16 Å². The fraction of sp³-hybridized carbons (Fsp3) is 0.188. The summed E-state index contributed by atoms with van der Waals surface area (Å²) in [7, 11) is 1.29. The predicted molar refractivity (Wildman–Crippen MR) is 95.5 cm³/mol. The number of methoxy groups -OCH3 is 1. The van der Waals surface area contributed by atoms with E-state index in [0.29, 0.717) is 16.6 Å². The van der Waals surface area contributed by atoms with Crippen LogP contribution in [0.3, 0.4) is 0 Å². The molecule has 0 N–H and O–H groups in total. The Labute approximate surface area is 162 Å². The highest BCUT2D eigenvalue weighted by atomic mass is 32.2. The molecule has 0 aliphatic heterocycles. The molecule has 0 atom stereocenters. The number of hydrogen-bond donors (Lipinski definition) is 0. The van der Waals surface area contributed by atoms with E-state index in [9.17, 15) is 13.6 Å². The van der Waals surface area contributed by atoms with Gasteiger partial charge in [0.15, 0.2) is 5.69 Å². The molecule has 0 saturated heterocycles. The van der Waals surface area contributed by atoms with Gasteiger partial charge in [-0.3, -0.25) is 4.68 Å². The van der Waals surface area contributed by atoms with Crippen molar-refractivity contribution in [3.63, 3.8) is 0 Å². The number of carbonyl (C=O) groups is 1. The van der Waals surface area contributed by atoms with Crippen molar-refractivity contribution in [2.75, 3.05) is 7.11 Å². The van der Waals surface area contributed by atoms with Crippen LogP contribution in [-0.4, -0.2) is 50.6 Å². The van der Waals surface area contributed by atoms with Crippen molar-refractivity contribution >= 4 is 23.9 Å². The molecule has 3 rings (SSSR count). The number of alkyl halides is 2. The van der Waals surface area contributed by atoms with Gasteiger partial charge in [0.1, 0.15) is 12.1 Å². The molecule has 1 aromatic carbocycles. The molecule has 0 aliphatic carbocycles. The van der Waals surface area contributed by atoms with Crippen LogP contribution in [0.4, 0.5) is 8.78 Å². The maximum Gasteiger partial charge on any atom is 0.387 e. The van der Waals surface area contributed by atoms with Crippen LogP contribution in [0.5, 0.6) is 5.75 Å². The normalized spacial score (nSPS) is 11.3. The first-order chi connectivity index (χ1) is 13.5. The van der Waals surface area contributed by atoms with Gasteiger partial charge in [-0.05, 0) is 35.9 Å². The van der Waals surface area contributed by atoms with E-state index in [1.165, 1.54) is 48.2 Å². The second-order valence-electron chi connectivity index (χ2n) is 5.16. The average Bonchev–Trinajstić information content (AvgIpc) is 3.34. The van der Waals surface area contributed by atoms with Gasteiger partial charge in [0.25, 0.3) is 0 Å². The van der Waals surface area contributed by atoms with Crippen molar-refractivity contribution in [2.24, 2.45) is 5.10 Å². The third kappa shape index (κ3) is 5.13. The Morgan fingerprint density at radius 3 is 2.82 bits per heavy atom. The van der Waals surface area contributed by atoms with Crippen molar-refractivity contribution in [3.8, 4) is 5.75 Å². The first kappa shape index (κ1) is 19.5. The Hall–Kier alpha value is -3.28. The molecule has 12 heteroatoms. The number of esters is 1. The number of ether oxygens (including phenoxy) is 2. The minimum absolute atomic E-state index is 0.0678. The first-order valence-electron chi connectivity index (χ1n) is 7.79. The van der Waals surface area contributed by atoms with Crippen molar-refractivity contribution in [1.29, 1.82) is 0 Å². The molecular formula is C16H14F2N6O3S. The number of halogens is 2. The van der Waals surface area contributed by atoms with Crippen LogP contribution in [0.2, 0.25) is 0 Å². The number of benzene rings is 1. The zero-order valence-electron chi connectivity index (χ0n) is 14.5. The zero-order valence-corrected chi connectivity index (χ0v) is 15.3. The summed E-state index contributed by atoms with van der Waals surface area (Å²) in [6.45, 7) is -2.87. The van der Waals surface area contributed by atoms with Crippen LogP contribution < -0.4 is 4.74 Å². The summed E-state index contributed by atoms with van der Waals surface area (Å²) in [6, 6.07) is 7.58. The highest BCUT2D eigenvalue weighted by Crippen LogP contribution is 2.17. The van der Waals surface area contributed by atoms with E-state index in [1.807, 2.05) is 0 Å². The molecule has 0 fully saturated rings. The van der Waals surface area contributed by atoms with Crippen molar-refractivity contribution < 1.29 is 23.0 Å². The summed E-state index contributed by atoms with van der Waals surface area (Å²) in [5, 5.41) is 16.6. The number of aromatic nitrogens is 5. The van der Waals surface area contributed by atoms with Crippen LogP contribution in [-0.2, 0) is 10.6 Å². The molecule has 0 bridgehead atoms. The zero-order chi connectivity index (χ0) is 19.9. The summed E-state index contributed by atoms with van der Waals surface area (Å²) >= 11 is 1.30. The number of rotatable bonds is 8. The minimum Gasteiger partial charge on any atom is -0.464 e. The lowest BCUT2D eigenvalue weighted by Crippen LogP contribution is -2.04. The van der Waals surface area contributed by atoms with E-state index in [2.05, 4.69) is 29.9 Å². The fourth-order valence-corrected chi connectivity index (χ4v) is 2.75. The highest BCUT2D eigenvalue weighted by Gasteiger charge is 2.10. The van der Waals surface area contributed by atoms with Gasteiger partial charge < -0.3 is 9.47 Å². The molecule has 28 heavy (non-hydrogen) atoms. The van der Waals surface area contributed by atoms with Gasteiger partial charge in [-0.15, -0.1) is 10.2 Å². The van der Waals surface area contributed by atoms with Crippen LogP contribution >= 0.6 is 11.8 Å². The van der Waals surface area contributed by atoms with E-state index >= 15 is 0 Å². The molecule has 2 aromatic heterocycles. The molecule has 2 heterocycles. The standard InChI is InChI=1S/C16H14F2N6O3S/c1-26-14(25)13-6-7-23(22-13)10-28-16-21-19-9-24(16)20-8-11-2-4-12(5-3-11)27-15(17)18/h2-9,15H,10H2,1H3. The van der Waals surface area contributed by atoms with Gasteiger partial charge in [0, 0.05) is 6.20 Å². The van der Waals surface area contributed by atoms with Crippen molar-refractivity contribution in [1.82, 2.24) is 24.7 Å². The number of hydrogen-bond acceptors (Lipinski definition) is 8. The number of thioether (sulfide) groups is 1. The van der Waals surface area contributed by atoms with E-state index in [4.69, 9.17) is 0 Å². The predicted octanol–water partition coefficient (Wildman–Crippen LogP) is 2.49. The lowest BCUT2D eigenvalue weighted by Gasteiger charge is -2.04. The third-order valence-electron chi connectivity index (χ3n) is 3.30. The largest absolute Gasteiger partial charge is 0.464 e. The Morgan fingerprint density at radius 1 is 1.32 bits per heavy atom. The van der Waals surface area contributed by atoms with Gasteiger partial charge >= 0.3 is 12.6 Å². The van der Waals surface area contributed by atoms with Gasteiger partial charge in [-0.2, -0.15) is 23.7 Å². The number of nitrogens with zero attached hydrogens (tertiary/aromatic N) is 6. The quantitative estimate of drug-likeness (QED) is 0.321. The lowest BCUT2D eigenvalue weighted by molar-refractivity contribution is -0.0498. The summed E-state index contributed by atoms with van der Waals surface area (Å²) in [6.07, 6.45) is 4.60. The van der Waals surface area contributed by atoms with E-state index in [0.717, 1.165) is 0 Å². The highest BCUT2D eigenvalue weighted by molar-refractivity contribution is 7.98. The Bertz CT molecular complexity index is 957. The lowest BCUT2D eigenvalue weighted by atomic mass is 10.2. The van der Waals surface area contributed by atoms with Crippen molar-refractivity contribution in [2.45, 2.75) is 17.6 Å². The SMILES string of the molecule is COC(=O)c1ccn(CSc2nncn2N=Cc2ccc(OC(F)F)cc2)n1. The van der Waals surface area contributed by atoms with Gasteiger partial charge in [-0.25, -0.2) is 4.79 Å². The molecule has 3 aromatic rings. The van der Waals surface area contributed by atoms with E-state index in [-0.39, 0.29) is 11.4 Å². The van der Waals surface area contributed by atoms with Crippen LogP contribution in [0, 0.1) is 0 Å². The molecule has 0 spiro atoms. The average molecular weight is 408 g/mol. The van der Waals surface area contributed by atoms with E-state index < -0.39 is 12.6 Å². The maximum atomic E-state index is 12.2. The summed E-state index contributed by atoms with van der Waals surface area (Å²) in [5.41, 5.74) is 0.892. The minimum atomic E-state index is -2.87. The van der Waals surface area contributed by atoms with Gasteiger partial charge in [-0.1, -0.05) is 11.8 Å². The second-order valence-corrected chi connectivity index (χ2v) is 6.07. The van der Waals surface area contributed by atoms with Crippen LogP contribution in [0.25, 0.3) is 0 Å². The van der Waals surface area contributed by atoms with Crippen LogP contribution in [0.15, 0.2) is 53.1 Å². The van der Waals surface area contributed by atoms with E-state index in [1.54, 1.807) is 29.1 Å². The second kappa shape index (κ2) is 9.08. The molecule has 9 nitrogen and oxygen atoms in total. The topological polar surface area (TPSA) is 96.4 Å². The fourth-order valence-electron chi connectivity index (χ4n) is 2.03. The first-order valence-corrected chi connectivity index (χ1v) is 8.77. The molecule has 0 unspecified atom stereocenters. The molecule has 0 aliphatic rings. The summed E-state index contributed by atoms with van der Waals surface area (Å²) in [4.78, 5) is 11.4. The summed E-state index contributed by atoms with van der Waals surface area (Å²) < 4.78 is 36.2. The molecular weight excluding hydrogens is 394 g/mol. The monoisotopic (exact) mass is 408 g/mol. The molecule has 0 saturated carbocycles. The Balaban J connectivity index is 1.61. The maximum absolute atomic E-state index is 12.2. The van der Waals surface area contributed by atoms with Crippen LogP contribution in [0.1, 0.15) is 16.1 Å². The van der Waals surface area contributed by atoms with Gasteiger partial charge in [0.05, 0.1) is 19.2 Å². The summed E-state index contributed by atoms with van der Waals surface area (Å²) in [5.74, 6) is -0.0649.